The average molecular weight is 296 g/mol. The molecule has 1 aromatic carbocycles. The molecule has 0 radical (unpaired) electrons. The first-order valence-electron chi connectivity index (χ1n) is 5.90. The van der Waals surface area contributed by atoms with Gasteiger partial charge in [0.2, 0.25) is 10.0 Å². The zero-order valence-corrected chi connectivity index (χ0v) is 12.7. The maximum absolute atomic E-state index is 12.3. The lowest BCUT2D eigenvalue weighted by molar-refractivity contribution is 0.565. The molecule has 0 bridgehead atoms. The van der Waals surface area contributed by atoms with E-state index in [1.807, 2.05) is 18.4 Å². The van der Waals surface area contributed by atoms with Gasteiger partial charge in [-0.25, -0.2) is 18.1 Å². The smallest absolute Gasteiger partial charge is 0.241 e. The van der Waals surface area contributed by atoms with Gasteiger partial charge >= 0.3 is 0 Å². The van der Waals surface area contributed by atoms with E-state index in [0.717, 1.165) is 16.3 Å². The summed E-state index contributed by atoms with van der Waals surface area (Å²) >= 11 is 1.46. The second kappa shape index (κ2) is 5.40. The summed E-state index contributed by atoms with van der Waals surface area (Å²) in [5, 5.41) is 2.68. The van der Waals surface area contributed by atoms with Crippen LogP contribution in [-0.4, -0.2) is 13.4 Å². The number of nitrogens with one attached hydrogen (secondary N) is 1. The molecular formula is C13H16N2O2S2. The average Bonchev–Trinajstić information content (AvgIpc) is 2.76. The number of benzene rings is 1. The van der Waals surface area contributed by atoms with Crippen molar-refractivity contribution >= 4 is 21.4 Å². The van der Waals surface area contributed by atoms with Crippen molar-refractivity contribution in [2.24, 2.45) is 0 Å². The van der Waals surface area contributed by atoms with Crippen LogP contribution in [0.5, 0.6) is 0 Å². The van der Waals surface area contributed by atoms with E-state index in [1.54, 1.807) is 32.0 Å². The molecule has 0 aliphatic carbocycles. The molecule has 2 rings (SSSR count). The van der Waals surface area contributed by atoms with Crippen molar-refractivity contribution in [3.05, 3.63) is 45.9 Å². The molecule has 0 amide bonds. The van der Waals surface area contributed by atoms with E-state index < -0.39 is 10.0 Å². The van der Waals surface area contributed by atoms with Crippen LogP contribution in [0.2, 0.25) is 0 Å². The SMILES string of the molecule is Cc1csc(C(C)NS(=O)(=O)c2ccccc2C)n1. The molecule has 0 aliphatic heterocycles. The van der Waals surface area contributed by atoms with Crippen LogP contribution in [0.3, 0.4) is 0 Å². The summed E-state index contributed by atoms with van der Waals surface area (Å²) in [5.74, 6) is 0. The molecule has 1 aromatic heterocycles. The maximum atomic E-state index is 12.3. The molecule has 4 nitrogen and oxygen atoms in total. The minimum atomic E-state index is -3.51. The lowest BCUT2D eigenvalue weighted by atomic mass is 10.2. The van der Waals surface area contributed by atoms with Crippen molar-refractivity contribution in [1.82, 2.24) is 9.71 Å². The van der Waals surface area contributed by atoms with Gasteiger partial charge in [0.25, 0.3) is 0 Å². The Kier molecular flexibility index (Phi) is 4.03. The van der Waals surface area contributed by atoms with Gasteiger partial charge in [0.1, 0.15) is 5.01 Å². The van der Waals surface area contributed by atoms with Crippen LogP contribution >= 0.6 is 11.3 Å². The van der Waals surface area contributed by atoms with Gasteiger partial charge in [0.05, 0.1) is 10.9 Å². The van der Waals surface area contributed by atoms with Gasteiger partial charge in [0.15, 0.2) is 0 Å². The molecule has 1 unspecified atom stereocenters. The Hall–Kier alpha value is -1.24. The van der Waals surface area contributed by atoms with Crippen molar-refractivity contribution in [3.8, 4) is 0 Å². The van der Waals surface area contributed by atoms with E-state index in [0.29, 0.717) is 4.90 Å². The fourth-order valence-corrected chi connectivity index (χ4v) is 4.11. The third-order valence-corrected chi connectivity index (χ3v) is 5.57. The zero-order chi connectivity index (χ0) is 14.0. The zero-order valence-electron chi connectivity index (χ0n) is 11.0. The number of hydrogen-bond donors (Lipinski definition) is 1. The fourth-order valence-electron chi connectivity index (χ4n) is 1.78. The maximum Gasteiger partial charge on any atom is 0.241 e. The molecule has 6 heteroatoms. The molecule has 19 heavy (non-hydrogen) atoms. The number of hydrogen-bond acceptors (Lipinski definition) is 4. The fraction of sp³-hybridized carbons (Fsp3) is 0.308. The summed E-state index contributed by atoms with van der Waals surface area (Å²) in [5.41, 5.74) is 1.64. The number of thiazole rings is 1. The molecule has 0 saturated carbocycles. The van der Waals surface area contributed by atoms with Crippen LogP contribution < -0.4 is 4.72 Å². The van der Waals surface area contributed by atoms with Gasteiger partial charge in [-0.1, -0.05) is 18.2 Å². The second-order valence-electron chi connectivity index (χ2n) is 4.44. The predicted molar refractivity (Wildman–Crippen MR) is 76.8 cm³/mol. The largest absolute Gasteiger partial charge is 0.245 e. The first-order chi connectivity index (χ1) is 8.90. The predicted octanol–water partition coefficient (Wildman–Crippen LogP) is 2.80. The summed E-state index contributed by atoms with van der Waals surface area (Å²) < 4.78 is 27.3. The van der Waals surface area contributed by atoms with Crippen LogP contribution in [-0.2, 0) is 10.0 Å². The molecule has 0 saturated heterocycles. The highest BCUT2D eigenvalue weighted by Crippen LogP contribution is 2.21. The van der Waals surface area contributed by atoms with Crippen molar-refractivity contribution in [3.63, 3.8) is 0 Å². The molecule has 0 fully saturated rings. The Labute approximate surface area is 117 Å². The quantitative estimate of drug-likeness (QED) is 0.944. The molecule has 0 spiro atoms. The highest BCUT2D eigenvalue weighted by molar-refractivity contribution is 7.89. The van der Waals surface area contributed by atoms with Gasteiger partial charge in [-0.2, -0.15) is 0 Å². The molecule has 1 N–H and O–H groups in total. The second-order valence-corrected chi connectivity index (χ2v) is 7.01. The van der Waals surface area contributed by atoms with Gasteiger partial charge in [-0.05, 0) is 32.4 Å². The van der Waals surface area contributed by atoms with Crippen LogP contribution in [0, 0.1) is 13.8 Å². The summed E-state index contributed by atoms with van der Waals surface area (Å²) in [7, 11) is -3.51. The summed E-state index contributed by atoms with van der Waals surface area (Å²) in [4.78, 5) is 4.62. The van der Waals surface area contributed by atoms with Crippen molar-refractivity contribution in [2.45, 2.75) is 31.7 Å². The summed E-state index contributed by atoms with van der Waals surface area (Å²) in [6, 6.07) is 6.61. The highest BCUT2D eigenvalue weighted by atomic mass is 32.2. The lowest BCUT2D eigenvalue weighted by Gasteiger charge is -2.13. The van der Waals surface area contributed by atoms with E-state index in [1.165, 1.54) is 11.3 Å². The topological polar surface area (TPSA) is 59.1 Å². The summed E-state index contributed by atoms with van der Waals surface area (Å²) in [6.07, 6.45) is 0. The number of sulfonamides is 1. The monoisotopic (exact) mass is 296 g/mol. The molecule has 102 valence electrons. The number of nitrogens with zero attached hydrogens (tertiary/aromatic N) is 1. The van der Waals surface area contributed by atoms with E-state index in [2.05, 4.69) is 9.71 Å². The third kappa shape index (κ3) is 3.20. The van der Waals surface area contributed by atoms with Crippen molar-refractivity contribution < 1.29 is 8.42 Å². The molecule has 2 aromatic rings. The number of rotatable bonds is 4. The Morgan fingerprint density at radius 1 is 1.26 bits per heavy atom. The number of aryl methyl sites for hydroxylation is 2. The lowest BCUT2D eigenvalue weighted by Crippen LogP contribution is -2.27. The van der Waals surface area contributed by atoms with Crippen LogP contribution in [0.1, 0.15) is 29.2 Å². The van der Waals surface area contributed by atoms with Crippen LogP contribution in [0.15, 0.2) is 34.5 Å². The minimum absolute atomic E-state index is 0.315. The first-order valence-corrected chi connectivity index (χ1v) is 8.26. The summed E-state index contributed by atoms with van der Waals surface area (Å²) in [6.45, 7) is 5.48. The Bertz CT molecular complexity index is 677. The van der Waals surface area contributed by atoms with Gasteiger partial charge in [-0.15, -0.1) is 11.3 Å². The van der Waals surface area contributed by atoms with Crippen LogP contribution in [0.4, 0.5) is 0 Å². The molecule has 1 atom stereocenters. The standard InChI is InChI=1S/C13H16N2O2S2/c1-9-6-4-5-7-12(9)19(16,17)15-11(3)13-14-10(2)8-18-13/h4-8,11,15H,1-3H3. The Balaban J connectivity index is 2.25. The number of aromatic nitrogens is 1. The molecule has 0 aliphatic rings. The normalized spacial score (nSPS) is 13.4. The first kappa shape index (κ1) is 14.2. The van der Waals surface area contributed by atoms with Gasteiger partial charge < -0.3 is 0 Å². The third-order valence-electron chi connectivity index (χ3n) is 2.72. The molecular weight excluding hydrogens is 280 g/mol. The van der Waals surface area contributed by atoms with E-state index in [-0.39, 0.29) is 6.04 Å². The van der Waals surface area contributed by atoms with E-state index in [4.69, 9.17) is 0 Å². The van der Waals surface area contributed by atoms with E-state index >= 15 is 0 Å². The highest BCUT2D eigenvalue weighted by Gasteiger charge is 2.21. The van der Waals surface area contributed by atoms with Crippen molar-refractivity contribution in [2.75, 3.05) is 0 Å². The Morgan fingerprint density at radius 3 is 2.53 bits per heavy atom. The van der Waals surface area contributed by atoms with Gasteiger partial charge in [-0.3, -0.25) is 0 Å². The van der Waals surface area contributed by atoms with Crippen LogP contribution in [0.25, 0.3) is 0 Å². The molecule has 1 heterocycles. The minimum Gasteiger partial charge on any atom is -0.245 e. The Morgan fingerprint density at radius 2 is 1.95 bits per heavy atom. The van der Waals surface area contributed by atoms with Crippen molar-refractivity contribution in [1.29, 1.82) is 0 Å². The van der Waals surface area contributed by atoms with E-state index in [9.17, 15) is 8.42 Å². The van der Waals surface area contributed by atoms with Gasteiger partial charge in [0, 0.05) is 11.1 Å².